The number of benzene rings is 4. The lowest BCUT2D eigenvalue weighted by Crippen LogP contribution is -2.50. The molecule has 32 heavy (non-hydrogen) atoms. The molecule has 0 saturated heterocycles. The molecule has 1 unspecified atom stereocenters. The molecule has 1 aliphatic rings. The first-order valence-electron chi connectivity index (χ1n) is 10.5. The van der Waals surface area contributed by atoms with Crippen molar-refractivity contribution in [3.8, 4) is 0 Å². The van der Waals surface area contributed by atoms with Gasteiger partial charge < -0.3 is 5.11 Å². The van der Waals surface area contributed by atoms with Crippen molar-refractivity contribution in [1.82, 2.24) is 0 Å². The minimum absolute atomic E-state index is 0.0616. The molecule has 1 amide bonds. The summed E-state index contributed by atoms with van der Waals surface area (Å²) < 4.78 is 0. The van der Waals surface area contributed by atoms with Crippen LogP contribution in [0.25, 0.3) is 5.57 Å². The van der Waals surface area contributed by atoms with Crippen LogP contribution in [0, 0.1) is 0 Å². The monoisotopic (exact) mass is 418 g/mol. The molecule has 0 saturated carbocycles. The fourth-order valence-corrected chi connectivity index (χ4v) is 4.16. The van der Waals surface area contributed by atoms with Gasteiger partial charge in [0.25, 0.3) is 5.91 Å². The zero-order chi connectivity index (χ0) is 21.9. The van der Waals surface area contributed by atoms with Crippen LogP contribution in [0.15, 0.2) is 127 Å². The number of nitrogens with zero attached hydrogens (tertiary/aromatic N) is 2. The number of hydrogen-bond donors (Lipinski definition) is 1. The van der Waals surface area contributed by atoms with Crippen molar-refractivity contribution in [2.24, 2.45) is 0 Å². The molecule has 5 rings (SSSR count). The highest BCUT2D eigenvalue weighted by Crippen LogP contribution is 2.43. The Morgan fingerprint density at radius 3 is 1.53 bits per heavy atom. The molecule has 4 nitrogen and oxygen atoms in total. The smallest absolute Gasteiger partial charge is 0.266 e. The molecule has 1 N–H and O–H groups in total. The number of anilines is 2. The summed E-state index contributed by atoms with van der Waals surface area (Å²) in [5.74, 6) is -0.311. The van der Waals surface area contributed by atoms with Crippen LogP contribution in [0.1, 0.15) is 17.3 Å². The third-order valence-corrected chi connectivity index (χ3v) is 5.60. The number of aliphatic hydroxyl groups excluding tert-OH is 1. The van der Waals surface area contributed by atoms with E-state index in [2.05, 4.69) is 0 Å². The Kier molecular flexibility index (Phi) is 5.18. The predicted octanol–water partition coefficient (Wildman–Crippen LogP) is 6.17. The van der Waals surface area contributed by atoms with E-state index in [-0.39, 0.29) is 17.4 Å². The highest BCUT2D eigenvalue weighted by atomic mass is 16.3. The third kappa shape index (κ3) is 3.42. The van der Waals surface area contributed by atoms with Crippen LogP contribution in [0.3, 0.4) is 0 Å². The summed E-state index contributed by atoms with van der Waals surface area (Å²) >= 11 is 0. The molecule has 4 aromatic rings. The van der Waals surface area contributed by atoms with Gasteiger partial charge in [-0.2, -0.15) is 0 Å². The molecule has 0 radical (unpaired) electrons. The summed E-state index contributed by atoms with van der Waals surface area (Å²) in [7, 11) is 0. The van der Waals surface area contributed by atoms with Crippen LogP contribution in [0.4, 0.5) is 11.4 Å². The van der Waals surface area contributed by atoms with Crippen LogP contribution in [0.2, 0.25) is 0 Å². The van der Waals surface area contributed by atoms with Crippen LogP contribution in [0.5, 0.6) is 0 Å². The molecule has 4 aromatic carbocycles. The second-order valence-corrected chi connectivity index (χ2v) is 7.57. The molecule has 0 fully saturated rings. The predicted molar refractivity (Wildman–Crippen MR) is 128 cm³/mol. The maximum absolute atomic E-state index is 14.0. The Hall–Kier alpha value is -4.31. The standard InChI is InChI=1S/C28H22N2O2/c31-27-25(21-13-5-1-6-14-21)28(32)30(24-19-11-4-12-20-24)26(22-15-7-2-8-16-22)29(27)23-17-9-3-10-18-23/h1-20,26,31H. The van der Waals surface area contributed by atoms with Crippen LogP contribution in [-0.4, -0.2) is 11.0 Å². The summed E-state index contributed by atoms with van der Waals surface area (Å²) in [5, 5.41) is 11.6. The molecule has 0 bridgehead atoms. The van der Waals surface area contributed by atoms with Gasteiger partial charge in [0.15, 0.2) is 0 Å². The fourth-order valence-electron chi connectivity index (χ4n) is 4.16. The second kappa shape index (κ2) is 8.44. The summed E-state index contributed by atoms with van der Waals surface area (Å²) in [6.07, 6.45) is -0.555. The number of amides is 1. The number of carbonyl (C=O) groups excluding carboxylic acids is 1. The molecular weight excluding hydrogens is 396 g/mol. The molecule has 1 heterocycles. The maximum Gasteiger partial charge on any atom is 0.266 e. The van der Waals surface area contributed by atoms with E-state index in [1.807, 2.05) is 126 Å². The van der Waals surface area contributed by atoms with E-state index in [9.17, 15) is 9.90 Å². The van der Waals surface area contributed by atoms with Gasteiger partial charge in [-0.05, 0) is 35.4 Å². The Labute approximate surface area is 187 Å². The van der Waals surface area contributed by atoms with Crippen LogP contribution < -0.4 is 9.80 Å². The number of hydrogen-bond acceptors (Lipinski definition) is 3. The average Bonchev–Trinajstić information content (AvgIpc) is 2.86. The molecule has 1 atom stereocenters. The first-order chi connectivity index (χ1) is 15.8. The van der Waals surface area contributed by atoms with E-state index in [1.54, 1.807) is 4.90 Å². The molecule has 156 valence electrons. The quantitative estimate of drug-likeness (QED) is 0.431. The molecule has 0 aliphatic carbocycles. The highest BCUT2D eigenvalue weighted by molar-refractivity contribution is 6.28. The van der Waals surface area contributed by atoms with Gasteiger partial charge in [0.1, 0.15) is 11.7 Å². The first kappa shape index (κ1) is 19.6. The van der Waals surface area contributed by atoms with Crippen molar-refractivity contribution in [3.63, 3.8) is 0 Å². The van der Waals surface area contributed by atoms with E-state index in [0.29, 0.717) is 5.56 Å². The largest absolute Gasteiger partial charge is 0.494 e. The number of rotatable bonds is 4. The van der Waals surface area contributed by atoms with E-state index < -0.39 is 6.17 Å². The highest BCUT2D eigenvalue weighted by Gasteiger charge is 2.42. The minimum atomic E-state index is -0.555. The zero-order valence-corrected chi connectivity index (χ0v) is 17.4. The Morgan fingerprint density at radius 1 is 0.562 bits per heavy atom. The van der Waals surface area contributed by atoms with Gasteiger partial charge in [-0.1, -0.05) is 97.1 Å². The van der Waals surface area contributed by atoms with Gasteiger partial charge in [-0.15, -0.1) is 0 Å². The van der Waals surface area contributed by atoms with Gasteiger partial charge in [0.05, 0.1) is 0 Å². The van der Waals surface area contributed by atoms with Crippen molar-refractivity contribution < 1.29 is 9.90 Å². The normalized spacial score (nSPS) is 16.4. The number of carbonyl (C=O) groups is 1. The van der Waals surface area contributed by atoms with Gasteiger partial charge in [-0.25, -0.2) is 0 Å². The van der Waals surface area contributed by atoms with Crippen molar-refractivity contribution in [1.29, 1.82) is 0 Å². The van der Waals surface area contributed by atoms with E-state index in [1.165, 1.54) is 0 Å². The van der Waals surface area contributed by atoms with Gasteiger partial charge in [0.2, 0.25) is 5.88 Å². The Morgan fingerprint density at radius 2 is 1.00 bits per heavy atom. The van der Waals surface area contributed by atoms with E-state index in [0.717, 1.165) is 16.9 Å². The summed E-state index contributed by atoms with van der Waals surface area (Å²) in [6, 6.07) is 38.4. The van der Waals surface area contributed by atoms with Gasteiger partial charge >= 0.3 is 0 Å². The van der Waals surface area contributed by atoms with E-state index in [4.69, 9.17) is 0 Å². The molecule has 1 aliphatic heterocycles. The van der Waals surface area contributed by atoms with Crippen molar-refractivity contribution in [3.05, 3.63) is 138 Å². The van der Waals surface area contributed by atoms with Gasteiger partial charge in [0, 0.05) is 11.4 Å². The summed E-state index contributed by atoms with van der Waals surface area (Å²) in [5.41, 5.74) is 3.38. The lowest BCUT2D eigenvalue weighted by molar-refractivity contribution is -0.114. The number of para-hydroxylation sites is 2. The molecular formula is C28H22N2O2. The van der Waals surface area contributed by atoms with Crippen LogP contribution in [-0.2, 0) is 4.79 Å². The van der Waals surface area contributed by atoms with E-state index >= 15 is 0 Å². The van der Waals surface area contributed by atoms with Crippen molar-refractivity contribution >= 4 is 22.9 Å². The average molecular weight is 418 g/mol. The lowest BCUT2D eigenvalue weighted by atomic mass is 9.98. The topological polar surface area (TPSA) is 43.8 Å². The second-order valence-electron chi connectivity index (χ2n) is 7.57. The first-order valence-corrected chi connectivity index (χ1v) is 10.5. The van der Waals surface area contributed by atoms with Crippen LogP contribution >= 0.6 is 0 Å². The summed E-state index contributed by atoms with van der Waals surface area (Å²) in [4.78, 5) is 17.6. The Balaban J connectivity index is 1.81. The zero-order valence-electron chi connectivity index (χ0n) is 17.4. The molecule has 4 heteroatoms. The van der Waals surface area contributed by atoms with Crippen molar-refractivity contribution in [2.45, 2.75) is 6.17 Å². The third-order valence-electron chi connectivity index (χ3n) is 5.60. The van der Waals surface area contributed by atoms with Crippen molar-refractivity contribution in [2.75, 3.05) is 9.80 Å². The number of aliphatic hydroxyl groups is 1. The summed E-state index contributed by atoms with van der Waals surface area (Å²) in [6.45, 7) is 0. The minimum Gasteiger partial charge on any atom is -0.494 e. The molecule has 0 spiro atoms. The Bertz CT molecular complexity index is 1240. The SMILES string of the molecule is O=C1C(c2ccccc2)=C(O)N(c2ccccc2)C(c2ccccc2)N1c1ccccc1. The fraction of sp³-hybridized carbons (Fsp3) is 0.0357. The molecule has 0 aromatic heterocycles. The van der Waals surface area contributed by atoms with Gasteiger partial charge in [-0.3, -0.25) is 14.6 Å². The lowest BCUT2D eigenvalue weighted by Gasteiger charge is -2.45. The maximum atomic E-state index is 14.0.